The van der Waals surface area contributed by atoms with Crippen LogP contribution < -0.4 is 10.5 Å². The van der Waals surface area contributed by atoms with Crippen molar-refractivity contribution < 1.29 is 18.6 Å². The fraction of sp³-hybridized carbons (Fsp3) is 0.379. The maximum Gasteiger partial charge on any atom is 0.128 e. The first-order valence-corrected chi connectivity index (χ1v) is 13.2. The van der Waals surface area contributed by atoms with Gasteiger partial charge in [-0.2, -0.15) is 0 Å². The maximum absolute atomic E-state index is 14.4. The van der Waals surface area contributed by atoms with E-state index in [2.05, 4.69) is 19.9 Å². The molecule has 10 heteroatoms. The zero-order chi connectivity index (χ0) is 26.8. The highest BCUT2D eigenvalue weighted by molar-refractivity contribution is 5.98. The van der Waals surface area contributed by atoms with Gasteiger partial charge in [0.25, 0.3) is 0 Å². The molecule has 9 nitrogen and oxygen atoms in total. The Morgan fingerprint density at radius 1 is 1.13 bits per heavy atom. The van der Waals surface area contributed by atoms with Crippen LogP contribution in [0.25, 0.3) is 0 Å². The zero-order valence-electron chi connectivity index (χ0n) is 21.7. The van der Waals surface area contributed by atoms with Gasteiger partial charge < -0.3 is 24.8 Å². The van der Waals surface area contributed by atoms with Crippen molar-refractivity contribution in [1.82, 2.24) is 14.9 Å². The summed E-state index contributed by atoms with van der Waals surface area (Å²) >= 11 is 0. The standard InChI is InChI=1S/C29H31FN6O3/c1-18-33-15-19(16-34-18)17-38-24-12-22(30)13-25(14-24)39-23-4-2-20(3-5-23)26-27-28(31)32-8-9-36(27)29(35-26)21-6-10-37-11-7-21/h2-5,8-9,13-16,21,24,26-27H,6-7,10-12,17H2,1H3,(H2,31,32). The van der Waals surface area contributed by atoms with Crippen LogP contribution in [-0.4, -0.2) is 51.9 Å². The van der Waals surface area contributed by atoms with Crippen molar-refractivity contribution in [3.63, 3.8) is 0 Å². The van der Waals surface area contributed by atoms with Gasteiger partial charge in [-0.25, -0.2) is 19.4 Å². The molecule has 3 atom stereocenters. The molecule has 2 N–H and O–H groups in total. The molecule has 0 spiro atoms. The van der Waals surface area contributed by atoms with Gasteiger partial charge in [0.2, 0.25) is 0 Å². The van der Waals surface area contributed by atoms with Crippen molar-refractivity contribution in [1.29, 1.82) is 0 Å². The third-order valence-corrected chi connectivity index (χ3v) is 7.28. The molecule has 1 saturated heterocycles. The highest BCUT2D eigenvalue weighted by atomic mass is 19.1. The lowest BCUT2D eigenvalue weighted by atomic mass is 9.97. The Morgan fingerprint density at radius 3 is 2.67 bits per heavy atom. The van der Waals surface area contributed by atoms with Crippen molar-refractivity contribution >= 4 is 11.7 Å². The van der Waals surface area contributed by atoms with Crippen molar-refractivity contribution in [2.45, 2.75) is 51.0 Å². The molecule has 0 bridgehead atoms. The summed E-state index contributed by atoms with van der Waals surface area (Å²) in [6, 6.07) is 7.36. The van der Waals surface area contributed by atoms with E-state index in [-0.39, 0.29) is 30.9 Å². The highest BCUT2D eigenvalue weighted by Crippen LogP contribution is 2.38. The first-order valence-electron chi connectivity index (χ1n) is 13.2. The maximum atomic E-state index is 14.4. The average Bonchev–Trinajstić information content (AvgIpc) is 3.34. The fourth-order valence-electron chi connectivity index (χ4n) is 5.28. The fourth-order valence-corrected chi connectivity index (χ4v) is 5.28. The minimum atomic E-state index is -0.449. The Kier molecular flexibility index (Phi) is 7.21. The van der Waals surface area contributed by atoms with Gasteiger partial charge in [0.15, 0.2) is 0 Å². The van der Waals surface area contributed by atoms with Crippen LogP contribution >= 0.6 is 0 Å². The molecule has 0 radical (unpaired) electrons. The van der Waals surface area contributed by atoms with Crippen LogP contribution in [0.15, 0.2) is 82.8 Å². The van der Waals surface area contributed by atoms with E-state index in [0.29, 0.717) is 29.1 Å². The second-order valence-electron chi connectivity index (χ2n) is 10.0. The lowest BCUT2D eigenvalue weighted by Gasteiger charge is -2.32. The number of ether oxygens (including phenoxy) is 3. The van der Waals surface area contributed by atoms with Gasteiger partial charge in [-0.3, -0.25) is 4.99 Å². The summed E-state index contributed by atoms with van der Waals surface area (Å²) in [5.74, 6) is 3.31. The summed E-state index contributed by atoms with van der Waals surface area (Å²) in [5, 5.41) is 0. The number of nitrogens with two attached hydrogens (primary N) is 1. The molecule has 1 aromatic heterocycles. The van der Waals surface area contributed by atoms with E-state index < -0.39 is 6.10 Å². The predicted molar refractivity (Wildman–Crippen MR) is 144 cm³/mol. The summed E-state index contributed by atoms with van der Waals surface area (Å²) < 4.78 is 31.8. The number of aryl methyl sites for hydroxylation is 1. The molecule has 0 saturated carbocycles. The second-order valence-corrected chi connectivity index (χ2v) is 10.0. The van der Waals surface area contributed by atoms with Crippen molar-refractivity contribution in [2.24, 2.45) is 21.6 Å². The minimum absolute atomic E-state index is 0.156. The van der Waals surface area contributed by atoms with Crippen LogP contribution in [-0.2, 0) is 16.1 Å². The number of rotatable bonds is 7. The summed E-state index contributed by atoms with van der Waals surface area (Å²) in [7, 11) is 0. The molecule has 3 aliphatic heterocycles. The predicted octanol–water partition coefficient (Wildman–Crippen LogP) is 4.28. The van der Waals surface area contributed by atoms with Crippen LogP contribution in [0.1, 0.15) is 42.3 Å². The Labute approximate surface area is 226 Å². The molecule has 2 aromatic rings. The third-order valence-electron chi connectivity index (χ3n) is 7.28. The van der Waals surface area contributed by atoms with Crippen LogP contribution in [0.2, 0.25) is 0 Å². The van der Waals surface area contributed by atoms with Crippen molar-refractivity contribution in [2.75, 3.05) is 13.2 Å². The highest BCUT2D eigenvalue weighted by Gasteiger charge is 2.42. The van der Waals surface area contributed by atoms with E-state index >= 15 is 0 Å². The van der Waals surface area contributed by atoms with E-state index in [1.807, 2.05) is 37.4 Å². The molecule has 1 fully saturated rings. The molecule has 4 aliphatic rings. The summed E-state index contributed by atoms with van der Waals surface area (Å²) in [6.45, 7) is 3.59. The van der Waals surface area contributed by atoms with Crippen molar-refractivity contribution in [3.8, 4) is 5.75 Å². The van der Waals surface area contributed by atoms with E-state index in [9.17, 15) is 4.39 Å². The molecular weight excluding hydrogens is 499 g/mol. The lowest BCUT2D eigenvalue weighted by Crippen LogP contribution is -2.47. The van der Waals surface area contributed by atoms with Crippen LogP contribution in [0.5, 0.6) is 5.75 Å². The number of fused-ring (bicyclic) bond motifs is 1. The number of hydrogen-bond acceptors (Lipinski definition) is 9. The number of halogens is 1. The first kappa shape index (κ1) is 25.4. The topological polar surface area (TPSA) is 107 Å². The Bertz CT molecular complexity index is 1350. The van der Waals surface area contributed by atoms with Crippen LogP contribution in [0, 0.1) is 12.8 Å². The molecule has 3 unspecified atom stereocenters. The van der Waals surface area contributed by atoms with Gasteiger partial charge in [-0.05, 0) is 43.5 Å². The number of aliphatic imine (C=N–C) groups is 2. The molecule has 0 amide bonds. The first-order chi connectivity index (χ1) is 19.0. The average molecular weight is 531 g/mol. The van der Waals surface area contributed by atoms with Gasteiger partial charge in [0.1, 0.15) is 46.9 Å². The smallest absolute Gasteiger partial charge is 0.128 e. The van der Waals surface area contributed by atoms with E-state index in [1.54, 1.807) is 24.7 Å². The number of allylic oxidation sites excluding steroid dienone is 1. The molecule has 202 valence electrons. The van der Waals surface area contributed by atoms with E-state index in [4.69, 9.17) is 24.9 Å². The molecular formula is C29H31FN6O3. The monoisotopic (exact) mass is 530 g/mol. The van der Waals surface area contributed by atoms with Gasteiger partial charge in [0, 0.05) is 62.0 Å². The Morgan fingerprint density at radius 2 is 1.90 bits per heavy atom. The SMILES string of the molecule is Cc1ncc(COC2C=C(Oc3ccc(C4N=C(C5CCOCC5)N5C=CN=C(N)C45)cc3)C=C(F)C2)cn1. The summed E-state index contributed by atoms with van der Waals surface area (Å²) in [6.07, 6.45) is 11.9. The minimum Gasteiger partial charge on any atom is -0.458 e. The third kappa shape index (κ3) is 5.62. The van der Waals surface area contributed by atoms with Crippen LogP contribution in [0.4, 0.5) is 4.39 Å². The van der Waals surface area contributed by atoms with Gasteiger partial charge in [0.05, 0.1) is 12.7 Å². The van der Waals surface area contributed by atoms with Gasteiger partial charge in [-0.15, -0.1) is 0 Å². The zero-order valence-corrected chi connectivity index (χ0v) is 21.7. The molecule has 4 heterocycles. The van der Waals surface area contributed by atoms with E-state index in [1.165, 1.54) is 6.08 Å². The number of aromatic nitrogens is 2. The number of amidine groups is 2. The Hall–Kier alpha value is -3.89. The van der Waals surface area contributed by atoms with Crippen molar-refractivity contribution in [3.05, 3.63) is 89.7 Å². The van der Waals surface area contributed by atoms with Crippen LogP contribution in [0.3, 0.4) is 0 Å². The van der Waals surface area contributed by atoms with Gasteiger partial charge in [-0.1, -0.05) is 12.1 Å². The number of benzene rings is 1. The molecule has 6 rings (SSSR count). The quantitative estimate of drug-likeness (QED) is 0.569. The summed E-state index contributed by atoms with van der Waals surface area (Å²) in [4.78, 5) is 20.0. The summed E-state index contributed by atoms with van der Waals surface area (Å²) in [5.41, 5.74) is 8.19. The number of nitrogens with zero attached hydrogens (tertiary/aromatic N) is 5. The number of hydrogen-bond donors (Lipinski definition) is 1. The second kappa shape index (κ2) is 11.1. The molecule has 39 heavy (non-hydrogen) atoms. The largest absolute Gasteiger partial charge is 0.458 e. The van der Waals surface area contributed by atoms with E-state index in [0.717, 1.165) is 43.0 Å². The Balaban J connectivity index is 1.15. The lowest BCUT2D eigenvalue weighted by molar-refractivity contribution is 0.0651. The van der Waals surface area contributed by atoms with Gasteiger partial charge >= 0.3 is 0 Å². The normalized spacial score (nSPS) is 25.0. The molecule has 1 aromatic carbocycles. The molecule has 1 aliphatic carbocycles.